The van der Waals surface area contributed by atoms with Crippen molar-refractivity contribution in [2.45, 2.75) is 12.8 Å². The van der Waals surface area contributed by atoms with Crippen LogP contribution in [0.1, 0.15) is 18.4 Å². The monoisotopic (exact) mass is 354 g/mol. The second kappa shape index (κ2) is 6.65. The molecule has 4 nitrogen and oxygen atoms in total. The van der Waals surface area contributed by atoms with Crippen molar-refractivity contribution in [3.63, 3.8) is 0 Å². The summed E-state index contributed by atoms with van der Waals surface area (Å²) in [7, 11) is 0. The highest BCUT2D eigenvalue weighted by atomic mass is 16.5. The van der Waals surface area contributed by atoms with E-state index in [9.17, 15) is 0 Å². The molecule has 0 amide bonds. The van der Waals surface area contributed by atoms with Crippen molar-refractivity contribution in [3.8, 4) is 11.3 Å². The summed E-state index contributed by atoms with van der Waals surface area (Å²) in [5.74, 6) is 1.49. The number of hydrogen-bond donors (Lipinski definition) is 0. The molecule has 0 saturated carbocycles. The third-order valence-electron chi connectivity index (χ3n) is 4.73. The highest BCUT2D eigenvalue weighted by Crippen LogP contribution is 2.31. The molecule has 0 bridgehead atoms. The Kier molecular flexibility index (Phi) is 3.87. The summed E-state index contributed by atoms with van der Waals surface area (Å²) in [4.78, 5) is 4.67. The molecule has 1 aliphatic heterocycles. The van der Waals surface area contributed by atoms with E-state index in [1.54, 1.807) is 12.5 Å². The van der Waals surface area contributed by atoms with Gasteiger partial charge in [0, 0.05) is 23.5 Å². The maximum absolute atomic E-state index is 6.08. The lowest BCUT2D eigenvalue weighted by Gasteiger charge is -2.19. The SMILES string of the molecule is C1=CCCC(C2=COC=C(c3ccc(-c4cn5ccccc5n4)cc3)O2)=C1. The van der Waals surface area contributed by atoms with E-state index in [1.165, 1.54) is 0 Å². The Morgan fingerprint density at radius 3 is 2.59 bits per heavy atom. The third kappa shape index (κ3) is 3.06. The number of pyridine rings is 1. The van der Waals surface area contributed by atoms with Gasteiger partial charge in [0.15, 0.2) is 11.5 Å². The molecule has 1 aromatic carbocycles. The van der Waals surface area contributed by atoms with Gasteiger partial charge in [0.05, 0.1) is 5.69 Å². The van der Waals surface area contributed by atoms with E-state index in [0.29, 0.717) is 5.76 Å². The summed E-state index contributed by atoms with van der Waals surface area (Å²) in [5.41, 5.74) is 5.08. The van der Waals surface area contributed by atoms with E-state index in [-0.39, 0.29) is 0 Å². The summed E-state index contributed by atoms with van der Waals surface area (Å²) in [6.07, 6.45) is 15.6. The van der Waals surface area contributed by atoms with Crippen molar-refractivity contribution < 1.29 is 9.47 Å². The highest BCUT2D eigenvalue weighted by molar-refractivity contribution is 5.68. The average Bonchev–Trinajstić information content (AvgIpc) is 3.19. The Morgan fingerprint density at radius 1 is 0.926 bits per heavy atom. The molecule has 3 heterocycles. The van der Waals surface area contributed by atoms with E-state index in [4.69, 9.17) is 9.47 Å². The minimum Gasteiger partial charge on any atom is -0.465 e. The Balaban J connectivity index is 1.38. The fraction of sp³-hybridized carbons (Fsp3) is 0.0870. The summed E-state index contributed by atoms with van der Waals surface area (Å²) < 4.78 is 13.6. The molecule has 0 atom stereocenters. The van der Waals surface area contributed by atoms with Gasteiger partial charge < -0.3 is 13.9 Å². The van der Waals surface area contributed by atoms with Crippen LogP contribution in [0.3, 0.4) is 0 Å². The van der Waals surface area contributed by atoms with Crippen LogP contribution < -0.4 is 0 Å². The van der Waals surface area contributed by atoms with Crippen molar-refractivity contribution in [1.82, 2.24) is 9.38 Å². The molecular weight excluding hydrogens is 336 g/mol. The first kappa shape index (κ1) is 15.7. The first-order valence-corrected chi connectivity index (χ1v) is 9.01. The molecule has 3 aromatic rings. The van der Waals surface area contributed by atoms with Gasteiger partial charge in [-0.25, -0.2) is 4.98 Å². The number of aromatic nitrogens is 2. The number of allylic oxidation sites excluding steroid dienone is 4. The topological polar surface area (TPSA) is 35.8 Å². The second-order valence-electron chi connectivity index (χ2n) is 6.53. The van der Waals surface area contributed by atoms with Crippen LogP contribution in [0.5, 0.6) is 0 Å². The van der Waals surface area contributed by atoms with E-state index >= 15 is 0 Å². The fourth-order valence-electron chi connectivity index (χ4n) is 3.28. The molecular formula is C23H18N2O2. The van der Waals surface area contributed by atoms with Gasteiger partial charge in [-0.2, -0.15) is 0 Å². The van der Waals surface area contributed by atoms with Crippen LogP contribution in [0.2, 0.25) is 0 Å². The van der Waals surface area contributed by atoms with Gasteiger partial charge in [-0.05, 0) is 30.5 Å². The average molecular weight is 354 g/mol. The lowest BCUT2D eigenvalue weighted by atomic mass is 10.0. The Morgan fingerprint density at radius 2 is 1.78 bits per heavy atom. The van der Waals surface area contributed by atoms with E-state index in [0.717, 1.165) is 46.6 Å². The van der Waals surface area contributed by atoms with Crippen LogP contribution in [-0.4, -0.2) is 9.38 Å². The number of benzene rings is 1. The molecule has 132 valence electrons. The molecule has 2 aliphatic rings. The number of fused-ring (bicyclic) bond motifs is 1. The van der Waals surface area contributed by atoms with E-state index in [2.05, 4.69) is 35.3 Å². The number of nitrogens with zero attached hydrogens (tertiary/aromatic N) is 2. The van der Waals surface area contributed by atoms with Crippen LogP contribution in [0, 0.1) is 0 Å². The zero-order valence-electron chi connectivity index (χ0n) is 14.7. The first-order chi connectivity index (χ1) is 13.4. The molecule has 0 spiro atoms. The molecule has 0 unspecified atom stereocenters. The van der Waals surface area contributed by atoms with Crippen molar-refractivity contribution in [2.75, 3.05) is 0 Å². The molecule has 1 aliphatic carbocycles. The quantitative estimate of drug-likeness (QED) is 0.626. The molecule has 0 N–H and O–H groups in total. The summed E-state index contributed by atoms with van der Waals surface area (Å²) in [6.45, 7) is 0. The molecule has 5 rings (SSSR count). The standard InChI is InChI=1S/C23H18N2O2/c1-2-6-18(7-3-1)21-15-26-16-22(27-21)19-11-9-17(10-12-19)20-14-25-13-5-4-8-23(25)24-20/h1-2,4-6,8-16H,3,7H2. The number of ether oxygens (including phenoxy) is 2. The van der Waals surface area contributed by atoms with Crippen molar-refractivity contribution in [1.29, 1.82) is 0 Å². The van der Waals surface area contributed by atoms with Gasteiger partial charge in [-0.1, -0.05) is 48.6 Å². The zero-order valence-corrected chi connectivity index (χ0v) is 14.7. The molecule has 0 radical (unpaired) electrons. The Bertz CT molecular complexity index is 1080. The normalized spacial score (nSPS) is 16.2. The largest absolute Gasteiger partial charge is 0.465 e. The van der Waals surface area contributed by atoms with E-state index < -0.39 is 0 Å². The van der Waals surface area contributed by atoms with Crippen molar-refractivity contribution in [2.24, 2.45) is 0 Å². The third-order valence-corrected chi connectivity index (χ3v) is 4.73. The maximum atomic E-state index is 6.08. The number of imidazole rings is 1. The van der Waals surface area contributed by atoms with Crippen LogP contribution in [0.25, 0.3) is 22.7 Å². The Labute approximate surface area is 157 Å². The van der Waals surface area contributed by atoms with Gasteiger partial charge in [0.1, 0.15) is 18.2 Å². The molecule has 0 fully saturated rings. The van der Waals surface area contributed by atoms with Crippen molar-refractivity contribution >= 4 is 11.4 Å². The molecule has 4 heteroatoms. The summed E-state index contributed by atoms with van der Waals surface area (Å²) >= 11 is 0. The minimum absolute atomic E-state index is 0.713. The molecule has 2 aromatic heterocycles. The zero-order chi connectivity index (χ0) is 18.1. The van der Waals surface area contributed by atoms with Gasteiger partial charge in [0.25, 0.3) is 0 Å². The minimum atomic E-state index is 0.713. The van der Waals surface area contributed by atoms with Gasteiger partial charge >= 0.3 is 0 Å². The summed E-state index contributed by atoms with van der Waals surface area (Å²) in [5, 5.41) is 0. The lowest BCUT2D eigenvalue weighted by Crippen LogP contribution is -2.03. The number of hydrogen-bond acceptors (Lipinski definition) is 3. The molecule has 27 heavy (non-hydrogen) atoms. The van der Waals surface area contributed by atoms with Crippen LogP contribution in [0.4, 0.5) is 0 Å². The van der Waals surface area contributed by atoms with E-state index in [1.807, 2.05) is 47.1 Å². The van der Waals surface area contributed by atoms with Gasteiger partial charge in [-0.3, -0.25) is 0 Å². The maximum Gasteiger partial charge on any atom is 0.169 e. The van der Waals surface area contributed by atoms with Crippen molar-refractivity contribution in [3.05, 3.63) is 103 Å². The van der Waals surface area contributed by atoms with Crippen LogP contribution in [-0.2, 0) is 9.47 Å². The smallest absolute Gasteiger partial charge is 0.169 e. The fourth-order valence-corrected chi connectivity index (χ4v) is 3.28. The first-order valence-electron chi connectivity index (χ1n) is 9.01. The molecule has 0 saturated heterocycles. The van der Waals surface area contributed by atoms with Gasteiger partial charge in [0.2, 0.25) is 0 Å². The van der Waals surface area contributed by atoms with Gasteiger partial charge in [-0.15, -0.1) is 0 Å². The summed E-state index contributed by atoms with van der Waals surface area (Å²) in [6, 6.07) is 14.2. The second-order valence-corrected chi connectivity index (χ2v) is 6.53. The number of rotatable bonds is 3. The predicted octanol–water partition coefficient (Wildman–Crippen LogP) is 5.46. The predicted molar refractivity (Wildman–Crippen MR) is 105 cm³/mol. The van der Waals surface area contributed by atoms with Crippen LogP contribution >= 0.6 is 0 Å². The van der Waals surface area contributed by atoms with Crippen LogP contribution in [0.15, 0.2) is 96.9 Å². The Hall–Kier alpha value is -3.53. The highest BCUT2D eigenvalue weighted by Gasteiger charge is 2.16. The lowest BCUT2D eigenvalue weighted by molar-refractivity contribution is 0.285.